The first-order valence-corrected chi connectivity index (χ1v) is 11.3. The smallest absolute Gasteiger partial charge is 0.325 e. The summed E-state index contributed by atoms with van der Waals surface area (Å²) >= 11 is 1.26. The molecule has 0 bridgehead atoms. The van der Waals surface area contributed by atoms with Gasteiger partial charge in [-0.15, -0.1) is 11.3 Å². The SMILES string of the molecule is CC(=O)c1cc(C(=O)N2CCC([C@@]3(C)NC(=O)N(Cc4ccc(F)cc4)C3=O)CC2)cs1. The molecule has 0 saturated carbocycles. The molecule has 3 heterocycles. The normalized spacial score (nSPS) is 21.7. The molecular weight excluding hydrogens is 433 g/mol. The van der Waals surface area contributed by atoms with Crippen molar-refractivity contribution < 1.29 is 23.6 Å². The number of nitrogens with one attached hydrogen (secondary N) is 1. The van der Waals surface area contributed by atoms with Gasteiger partial charge in [-0.25, -0.2) is 9.18 Å². The lowest BCUT2D eigenvalue weighted by Crippen LogP contribution is -2.54. The molecule has 9 heteroatoms. The molecule has 2 aliphatic rings. The monoisotopic (exact) mass is 457 g/mol. The first kappa shape index (κ1) is 22.1. The molecule has 1 N–H and O–H groups in total. The van der Waals surface area contributed by atoms with Crippen LogP contribution in [0.15, 0.2) is 35.7 Å². The first-order valence-electron chi connectivity index (χ1n) is 10.5. The molecule has 4 rings (SSSR count). The minimum absolute atomic E-state index is 0.0682. The Morgan fingerprint density at radius 1 is 1.19 bits per heavy atom. The Kier molecular flexibility index (Phi) is 5.85. The van der Waals surface area contributed by atoms with Gasteiger partial charge in [0, 0.05) is 18.5 Å². The van der Waals surface area contributed by atoms with Crippen LogP contribution in [-0.4, -0.2) is 52.1 Å². The van der Waals surface area contributed by atoms with Crippen molar-refractivity contribution in [2.75, 3.05) is 13.1 Å². The lowest BCUT2D eigenvalue weighted by atomic mass is 9.78. The topological polar surface area (TPSA) is 86.8 Å². The number of ketones is 1. The predicted octanol–water partition coefficient (Wildman–Crippen LogP) is 3.45. The van der Waals surface area contributed by atoms with E-state index in [1.54, 1.807) is 35.4 Å². The van der Waals surface area contributed by atoms with E-state index >= 15 is 0 Å². The van der Waals surface area contributed by atoms with E-state index in [1.807, 2.05) is 0 Å². The number of carbonyl (C=O) groups excluding carboxylic acids is 4. The number of amides is 4. The quantitative estimate of drug-likeness (QED) is 0.550. The number of likely N-dealkylation sites (tertiary alicyclic amines) is 1. The number of benzene rings is 1. The van der Waals surface area contributed by atoms with Crippen LogP contribution in [0.3, 0.4) is 0 Å². The highest BCUT2D eigenvalue weighted by atomic mass is 32.1. The summed E-state index contributed by atoms with van der Waals surface area (Å²) in [7, 11) is 0. The van der Waals surface area contributed by atoms with E-state index in [9.17, 15) is 23.6 Å². The van der Waals surface area contributed by atoms with Gasteiger partial charge < -0.3 is 10.2 Å². The molecule has 0 aliphatic carbocycles. The van der Waals surface area contributed by atoms with Crippen LogP contribution in [0.4, 0.5) is 9.18 Å². The van der Waals surface area contributed by atoms with Gasteiger partial charge in [0.1, 0.15) is 11.4 Å². The van der Waals surface area contributed by atoms with Crippen molar-refractivity contribution in [1.82, 2.24) is 15.1 Å². The molecule has 2 fully saturated rings. The highest BCUT2D eigenvalue weighted by Gasteiger charge is 2.52. The predicted molar refractivity (Wildman–Crippen MR) is 117 cm³/mol. The molecule has 2 saturated heterocycles. The average molecular weight is 458 g/mol. The molecule has 0 spiro atoms. The summed E-state index contributed by atoms with van der Waals surface area (Å²) in [5, 5.41) is 4.54. The van der Waals surface area contributed by atoms with Gasteiger partial charge in [-0.1, -0.05) is 12.1 Å². The molecular formula is C23H24FN3O4S. The van der Waals surface area contributed by atoms with Crippen molar-refractivity contribution in [2.45, 2.75) is 38.8 Å². The maximum absolute atomic E-state index is 13.2. The summed E-state index contributed by atoms with van der Waals surface area (Å²) < 4.78 is 13.2. The lowest BCUT2D eigenvalue weighted by molar-refractivity contribution is -0.133. The second-order valence-electron chi connectivity index (χ2n) is 8.47. The van der Waals surface area contributed by atoms with E-state index in [-0.39, 0.29) is 35.9 Å². The number of thiophene rings is 1. The second-order valence-corrected chi connectivity index (χ2v) is 9.38. The number of piperidine rings is 1. The Morgan fingerprint density at radius 3 is 2.44 bits per heavy atom. The third-order valence-electron chi connectivity index (χ3n) is 6.35. The molecule has 32 heavy (non-hydrogen) atoms. The number of hydrogen-bond donors (Lipinski definition) is 1. The zero-order valence-corrected chi connectivity index (χ0v) is 18.7. The third-order valence-corrected chi connectivity index (χ3v) is 7.38. The Morgan fingerprint density at radius 2 is 1.84 bits per heavy atom. The number of nitrogens with zero attached hydrogens (tertiary/aromatic N) is 2. The van der Waals surface area contributed by atoms with Crippen LogP contribution in [0.25, 0.3) is 0 Å². The largest absolute Gasteiger partial charge is 0.339 e. The number of rotatable bonds is 5. The molecule has 7 nitrogen and oxygen atoms in total. The van der Waals surface area contributed by atoms with Crippen molar-refractivity contribution in [3.8, 4) is 0 Å². The fourth-order valence-electron chi connectivity index (χ4n) is 4.38. The lowest BCUT2D eigenvalue weighted by Gasteiger charge is -2.38. The van der Waals surface area contributed by atoms with Gasteiger partial charge in [-0.3, -0.25) is 19.3 Å². The minimum atomic E-state index is -1.05. The van der Waals surface area contributed by atoms with Crippen molar-refractivity contribution >= 4 is 35.0 Å². The van der Waals surface area contributed by atoms with E-state index in [4.69, 9.17) is 0 Å². The molecule has 0 unspecified atom stereocenters. The fraction of sp³-hybridized carbons (Fsp3) is 0.391. The van der Waals surface area contributed by atoms with Gasteiger partial charge in [-0.05, 0) is 56.4 Å². The van der Waals surface area contributed by atoms with Gasteiger partial charge >= 0.3 is 6.03 Å². The standard InChI is InChI=1S/C23H24FN3O4S/c1-14(28)19-11-16(13-32-19)20(29)26-9-7-17(8-10-26)23(2)21(30)27(22(31)25-23)12-15-3-5-18(24)6-4-15/h3-6,11,13,17H,7-10,12H2,1-2H3,(H,25,31)/t23-/m1/s1. The third kappa shape index (κ3) is 4.04. The summed E-state index contributed by atoms with van der Waals surface area (Å²) in [6, 6.07) is 6.86. The van der Waals surface area contributed by atoms with Crippen LogP contribution in [0.1, 0.15) is 52.3 Å². The van der Waals surface area contributed by atoms with Crippen molar-refractivity contribution in [3.63, 3.8) is 0 Å². The van der Waals surface area contributed by atoms with Crippen LogP contribution in [0, 0.1) is 11.7 Å². The molecule has 1 aromatic heterocycles. The highest BCUT2D eigenvalue weighted by Crippen LogP contribution is 2.34. The average Bonchev–Trinajstić information content (AvgIpc) is 3.35. The van der Waals surface area contributed by atoms with E-state index in [0.717, 1.165) is 0 Å². The van der Waals surface area contributed by atoms with Gasteiger partial charge in [0.2, 0.25) is 0 Å². The number of imide groups is 1. The zero-order valence-electron chi connectivity index (χ0n) is 17.9. The minimum Gasteiger partial charge on any atom is -0.339 e. The maximum atomic E-state index is 13.2. The van der Waals surface area contributed by atoms with Crippen molar-refractivity contribution in [1.29, 1.82) is 0 Å². The number of halogens is 1. The summed E-state index contributed by atoms with van der Waals surface area (Å²) in [6.45, 7) is 4.21. The summed E-state index contributed by atoms with van der Waals surface area (Å²) in [6.07, 6.45) is 1.14. The van der Waals surface area contributed by atoms with Gasteiger partial charge in [0.05, 0.1) is 17.0 Å². The number of Topliss-reactive ketones (excluding diaryl/α,β-unsaturated/α-hetero) is 1. The summed E-state index contributed by atoms with van der Waals surface area (Å²) in [5.74, 6) is -0.993. The Bertz CT molecular complexity index is 1080. The van der Waals surface area contributed by atoms with Crippen molar-refractivity contribution in [3.05, 3.63) is 57.5 Å². The number of carbonyl (C=O) groups is 4. The van der Waals surface area contributed by atoms with Crippen LogP contribution in [-0.2, 0) is 11.3 Å². The molecule has 1 atom stereocenters. The summed E-state index contributed by atoms with van der Waals surface area (Å²) in [5.41, 5.74) is 0.122. The van der Waals surface area contributed by atoms with Gasteiger partial charge in [0.25, 0.3) is 11.8 Å². The van der Waals surface area contributed by atoms with E-state index in [0.29, 0.717) is 41.9 Å². The molecule has 0 radical (unpaired) electrons. The highest BCUT2D eigenvalue weighted by molar-refractivity contribution is 7.12. The number of urea groups is 1. The van der Waals surface area contributed by atoms with E-state index < -0.39 is 11.6 Å². The van der Waals surface area contributed by atoms with E-state index in [1.165, 1.54) is 35.3 Å². The Balaban J connectivity index is 1.40. The van der Waals surface area contributed by atoms with Crippen molar-refractivity contribution in [2.24, 2.45) is 5.92 Å². The molecule has 2 aliphatic heterocycles. The first-order chi connectivity index (χ1) is 15.2. The molecule has 2 aromatic rings. The van der Waals surface area contributed by atoms with E-state index in [2.05, 4.69) is 5.32 Å². The van der Waals surface area contributed by atoms with Gasteiger partial charge in [0.15, 0.2) is 5.78 Å². The number of hydrogen-bond acceptors (Lipinski definition) is 5. The van der Waals surface area contributed by atoms with Crippen LogP contribution in [0.5, 0.6) is 0 Å². The Labute approximate surface area is 189 Å². The molecule has 168 valence electrons. The fourth-order valence-corrected chi connectivity index (χ4v) is 5.17. The molecule has 1 aromatic carbocycles. The van der Waals surface area contributed by atoms with Crippen LogP contribution >= 0.6 is 11.3 Å². The summed E-state index contributed by atoms with van der Waals surface area (Å²) in [4.78, 5) is 53.5. The van der Waals surface area contributed by atoms with Crippen LogP contribution < -0.4 is 5.32 Å². The second kappa shape index (κ2) is 8.46. The zero-order chi connectivity index (χ0) is 23.0. The molecule has 4 amide bonds. The maximum Gasteiger partial charge on any atom is 0.325 e. The van der Waals surface area contributed by atoms with Crippen LogP contribution in [0.2, 0.25) is 0 Å². The van der Waals surface area contributed by atoms with Gasteiger partial charge in [-0.2, -0.15) is 0 Å². The Hall–Kier alpha value is -3.07.